The van der Waals surface area contributed by atoms with Gasteiger partial charge in [-0.3, -0.25) is 9.59 Å². The van der Waals surface area contributed by atoms with Gasteiger partial charge in [0.1, 0.15) is 5.82 Å². The standard InChI is InChI=1S/C16H20FNO4/c1-8(13(19)9-5-4-6-10(17)7-9)18-14(20)11-12(15(21)22)16(11,2)3/h4-8,11-13,19H,1-3H3,(H,18,20)(H,21,22)/t8?,11-,12+,13?/m0/s1. The molecule has 1 aromatic rings. The first-order chi connectivity index (χ1) is 10.2. The van der Waals surface area contributed by atoms with E-state index < -0.39 is 47.1 Å². The fourth-order valence-electron chi connectivity index (χ4n) is 2.96. The van der Waals surface area contributed by atoms with Crippen molar-refractivity contribution in [3.63, 3.8) is 0 Å². The Balaban J connectivity index is 2.02. The van der Waals surface area contributed by atoms with Crippen LogP contribution >= 0.6 is 0 Å². The molecular weight excluding hydrogens is 289 g/mol. The van der Waals surface area contributed by atoms with E-state index in [2.05, 4.69) is 5.32 Å². The molecule has 2 unspecified atom stereocenters. The van der Waals surface area contributed by atoms with Crippen LogP contribution < -0.4 is 5.32 Å². The number of amides is 1. The van der Waals surface area contributed by atoms with Crippen LogP contribution in [0, 0.1) is 23.1 Å². The van der Waals surface area contributed by atoms with Gasteiger partial charge in [0, 0.05) is 0 Å². The van der Waals surface area contributed by atoms with Gasteiger partial charge in [0.05, 0.1) is 24.0 Å². The van der Waals surface area contributed by atoms with Gasteiger partial charge in [-0.15, -0.1) is 0 Å². The van der Waals surface area contributed by atoms with E-state index in [1.165, 1.54) is 18.2 Å². The Morgan fingerprint density at radius 1 is 1.32 bits per heavy atom. The molecule has 1 saturated carbocycles. The van der Waals surface area contributed by atoms with Crippen LogP contribution in [0.25, 0.3) is 0 Å². The Kier molecular flexibility index (Phi) is 4.24. The minimum atomic E-state index is -1.07. The zero-order valence-corrected chi connectivity index (χ0v) is 12.7. The highest BCUT2D eigenvalue weighted by atomic mass is 19.1. The van der Waals surface area contributed by atoms with Gasteiger partial charge < -0.3 is 15.5 Å². The Morgan fingerprint density at radius 2 is 1.95 bits per heavy atom. The lowest BCUT2D eigenvalue weighted by atomic mass is 10.0. The van der Waals surface area contributed by atoms with E-state index in [1.807, 2.05) is 0 Å². The van der Waals surface area contributed by atoms with Crippen molar-refractivity contribution in [1.29, 1.82) is 0 Å². The smallest absolute Gasteiger partial charge is 0.307 e. The van der Waals surface area contributed by atoms with E-state index in [4.69, 9.17) is 5.11 Å². The van der Waals surface area contributed by atoms with E-state index in [1.54, 1.807) is 26.8 Å². The fourth-order valence-corrected chi connectivity index (χ4v) is 2.96. The predicted molar refractivity (Wildman–Crippen MR) is 77.4 cm³/mol. The van der Waals surface area contributed by atoms with Crippen molar-refractivity contribution in [2.75, 3.05) is 0 Å². The van der Waals surface area contributed by atoms with Crippen LogP contribution in [0.5, 0.6) is 0 Å². The van der Waals surface area contributed by atoms with E-state index in [0.29, 0.717) is 5.56 Å². The molecule has 6 heteroatoms. The number of aliphatic hydroxyl groups excluding tert-OH is 1. The van der Waals surface area contributed by atoms with Crippen molar-refractivity contribution >= 4 is 11.9 Å². The molecule has 0 bridgehead atoms. The lowest BCUT2D eigenvalue weighted by molar-refractivity contribution is -0.140. The van der Waals surface area contributed by atoms with E-state index >= 15 is 0 Å². The largest absolute Gasteiger partial charge is 0.481 e. The first kappa shape index (κ1) is 16.4. The van der Waals surface area contributed by atoms with Crippen LogP contribution in [-0.2, 0) is 9.59 Å². The second-order valence-electron chi connectivity index (χ2n) is 6.41. The minimum absolute atomic E-state index is 0.359. The molecule has 0 heterocycles. The Bertz CT molecular complexity index is 602. The summed E-state index contributed by atoms with van der Waals surface area (Å²) in [6, 6.07) is 4.86. The number of halogens is 1. The maximum Gasteiger partial charge on any atom is 0.307 e. The SMILES string of the molecule is CC(NC(=O)[C@@H]1[C@H](C(=O)O)C1(C)C)C(O)c1cccc(F)c1. The summed E-state index contributed by atoms with van der Waals surface area (Å²) in [5, 5.41) is 21.9. The number of rotatable bonds is 5. The highest BCUT2D eigenvalue weighted by Crippen LogP contribution is 2.58. The number of carboxylic acids is 1. The van der Waals surface area contributed by atoms with Gasteiger partial charge in [0.2, 0.25) is 5.91 Å². The van der Waals surface area contributed by atoms with E-state index in [-0.39, 0.29) is 0 Å². The predicted octanol–water partition coefficient (Wildman–Crippen LogP) is 1.72. The molecule has 1 aliphatic carbocycles. The molecule has 0 aliphatic heterocycles. The highest BCUT2D eigenvalue weighted by molar-refractivity contribution is 5.91. The second-order valence-corrected chi connectivity index (χ2v) is 6.41. The number of hydrogen-bond acceptors (Lipinski definition) is 3. The number of carbonyl (C=O) groups is 2. The monoisotopic (exact) mass is 309 g/mol. The number of benzene rings is 1. The molecule has 1 aliphatic rings. The molecule has 3 N–H and O–H groups in total. The van der Waals surface area contributed by atoms with Crippen LogP contribution in [-0.4, -0.2) is 28.1 Å². The number of hydrogen-bond donors (Lipinski definition) is 3. The molecular formula is C16H20FNO4. The molecule has 0 radical (unpaired) electrons. The maximum absolute atomic E-state index is 13.2. The van der Waals surface area contributed by atoms with E-state index in [0.717, 1.165) is 0 Å². The van der Waals surface area contributed by atoms with Gasteiger partial charge in [-0.2, -0.15) is 0 Å². The topological polar surface area (TPSA) is 86.6 Å². The Labute approximate surface area is 128 Å². The third-order valence-corrected chi connectivity index (χ3v) is 4.41. The quantitative estimate of drug-likeness (QED) is 0.773. The zero-order chi connectivity index (χ0) is 16.7. The van der Waals surface area contributed by atoms with Gasteiger partial charge in [0.15, 0.2) is 0 Å². The van der Waals surface area contributed by atoms with Gasteiger partial charge in [-0.1, -0.05) is 26.0 Å². The molecule has 4 atom stereocenters. The first-order valence-electron chi connectivity index (χ1n) is 7.13. The molecule has 0 spiro atoms. The van der Waals surface area contributed by atoms with Crippen LogP contribution in [0.15, 0.2) is 24.3 Å². The molecule has 1 fully saturated rings. The van der Waals surface area contributed by atoms with E-state index in [9.17, 15) is 19.1 Å². The van der Waals surface area contributed by atoms with Crippen molar-refractivity contribution in [3.8, 4) is 0 Å². The summed E-state index contributed by atoms with van der Waals surface area (Å²) in [6.07, 6.45) is -1.07. The summed E-state index contributed by atoms with van der Waals surface area (Å²) >= 11 is 0. The van der Waals surface area contributed by atoms with Crippen LogP contribution in [0.4, 0.5) is 4.39 Å². The van der Waals surface area contributed by atoms with Crippen molar-refractivity contribution in [1.82, 2.24) is 5.32 Å². The van der Waals surface area contributed by atoms with Crippen molar-refractivity contribution < 1.29 is 24.2 Å². The summed E-state index contributed by atoms with van der Waals surface area (Å²) in [7, 11) is 0. The number of aliphatic carboxylic acids is 1. The molecule has 2 rings (SSSR count). The summed E-state index contributed by atoms with van der Waals surface area (Å²) in [4.78, 5) is 23.3. The summed E-state index contributed by atoms with van der Waals surface area (Å²) in [6.45, 7) is 5.05. The third-order valence-electron chi connectivity index (χ3n) is 4.41. The van der Waals surface area contributed by atoms with Gasteiger partial charge in [-0.05, 0) is 30.0 Å². The van der Waals surface area contributed by atoms with Crippen LogP contribution in [0.2, 0.25) is 0 Å². The summed E-state index contributed by atoms with van der Waals surface area (Å²) in [5.41, 5.74) is -0.239. The molecule has 5 nitrogen and oxygen atoms in total. The fraction of sp³-hybridized carbons (Fsp3) is 0.500. The van der Waals surface area contributed by atoms with Crippen molar-refractivity contribution in [2.24, 2.45) is 17.3 Å². The average molecular weight is 309 g/mol. The molecule has 1 aromatic carbocycles. The lowest BCUT2D eigenvalue weighted by Gasteiger charge is -2.21. The van der Waals surface area contributed by atoms with Gasteiger partial charge >= 0.3 is 5.97 Å². The van der Waals surface area contributed by atoms with Gasteiger partial charge in [-0.25, -0.2) is 4.39 Å². The van der Waals surface area contributed by atoms with Crippen molar-refractivity contribution in [2.45, 2.75) is 32.9 Å². The maximum atomic E-state index is 13.2. The second kappa shape index (κ2) is 5.68. The van der Waals surface area contributed by atoms with Gasteiger partial charge in [0.25, 0.3) is 0 Å². The Morgan fingerprint density at radius 3 is 2.45 bits per heavy atom. The Hall–Kier alpha value is -1.95. The molecule has 22 heavy (non-hydrogen) atoms. The first-order valence-corrected chi connectivity index (χ1v) is 7.13. The number of nitrogens with one attached hydrogen (secondary N) is 1. The molecule has 0 saturated heterocycles. The number of carbonyl (C=O) groups excluding carboxylic acids is 1. The normalized spacial score (nSPS) is 25.1. The average Bonchev–Trinajstić information content (AvgIpc) is 3.01. The number of aliphatic hydroxyl groups is 1. The van der Waals surface area contributed by atoms with Crippen LogP contribution in [0.3, 0.4) is 0 Å². The van der Waals surface area contributed by atoms with Crippen molar-refractivity contribution in [3.05, 3.63) is 35.6 Å². The lowest BCUT2D eigenvalue weighted by Crippen LogP contribution is -2.39. The molecule has 0 aromatic heterocycles. The number of carboxylic acid groups (broad SMARTS) is 1. The molecule has 1 amide bonds. The zero-order valence-electron chi connectivity index (χ0n) is 12.7. The highest BCUT2D eigenvalue weighted by Gasteiger charge is 2.66. The molecule has 120 valence electrons. The third kappa shape index (κ3) is 2.97. The minimum Gasteiger partial charge on any atom is -0.481 e. The summed E-state index contributed by atoms with van der Waals surface area (Å²) < 4.78 is 13.2. The van der Waals surface area contributed by atoms with Crippen LogP contribution in [0.1, 0.15) is 32.4 Å². The summed E-state index contributed by atoms with van der Waals surface area (Å²) in [5.74, 6) is -3.20.